The SMILES string of the molecule is O=C(O)c1ccc(COc2ccc(Br)cc2CNc2ccc(Oc3ccccc3)cc2)cc1. The number of nitrogens with one attached hydrogen (secondary N) is 1. The predicted molar refractivity (Wildman–Crippen MR) is 132 cm³/mol. The summed E-state index contributed by atoms with van der Waals surface area (Å²) in [4.78, 5) is 11.0. The molecule has 0 aliphatic rings. The topological polar surface area (TPSA) is 67.8 Å². The van der Waals surface area contributed by atoms with Crippen molar-refractivity contribution < 1.29 is 19.4 Å². The van der Waals surface area contributed by atoms with E-state index < -0.39 is 5.97 Å². The summed E-state index contributed by atoms with van der Waals surface area (Å²) in [5, 5.41) is 12.4. The third kappa shape index (κ3) is 6.37. The van der Waals surface area contributed by atoms with Gasteiger partial charge in [-0.05, 0) is 72.3 Å². The number of hydrogen-bond acceptors (Lipinski definition) is 4. The molecule has 4 rings (SSSR count). The molecule has 0 unspecified atom stereocenters. The number of carboxylic acid groups (broad SMARTS) is 1. The molecule has 0 saturated heterocycles. The van der Waals surface area contributed by atoms with Gasteiger partial charge in [0.1, 0.15) is 23.9 Å². The van der Waals surface area contributed by atoms with Gasteiger partial charge in [-0.25, -0.2) is 4.79 Å². The van der Waals surface area contributed by atoms with Crippen LogP contribution in [0.4, 0.5) is 5.69 Å². The number of ether oxygens (including phenoxy) is 2. The van der Waals surface area contributed by atoms with Crippen LogP contribution in [0.1, 0.15) is 21.5 Å². The molecule has 0 aliphatic heterocycles. The summed E-state index contributed by atoms with van der Waals surface area (Å²) in [5.41, 5.74) is 3.12. The minimum absolute atomic E-state index is 0.257. The van der Waals surface area contributed by atoms with Crippen LogP contribution < -0.4 is 14.8 Å². The van der Waals surface area contributed by atoms with E-state index in [1.165, 1.54) is 0 Å². The lowest BCUT2D eigenvalue weighted by molar-refractivity contribution is 0.0697. The zero-order valence-corrected chi connectivity index (χ0v) is 19.3. The Bertz CT molecular complexity index is 1210. The zero-order chi connectivity index (χ0) is 23.0. The normalized spacial score (nSPS) is 10.5. The van der Waals surface area contributed by atoms with Crippen LogP contribution in [0.15, 0.2) is 102 Å². The third-order valence-electron chi connectivity index (χ3n) is 4.93. The number of carbonyl (C=O) groups is 1. The van der Waals surface area contributed by atoms with Crippen LogP contribution in [0.25, 0.3) is 0 Å². The Morgan fingerprint density at radius 3 is 2.24 bits per heavy atom. The smallest absolute Gasteiger partial charge is 0.335 e. The second-order valence-electron chi connectivity index (χ2n) is 7.34. The molecule has 6 heteroatoms. The molecule has 0 aromatic heterocycles. The van der Waals surface area contributed by atoms with Crippen molar-refractivity contribution in [3.63, 3.8) is 0 Å². The van der Waals surface area contributed by atoms with Crippen molar-refractivity contribution in [2.75, 3.05) is 5.32 Å². The number of anilines is 1. The van der Waals surface area contributed by atoms with Crippen LogP contribution in [0.5, 0.6) is 17.2 Å². The first-order valence-electron chi connectivity index (χ1n) is 10.4. The predicted octanol–water partition coefficient (Wildman–Crippen LogP) is 7.13. The fraction of sp³-hybridized carbons (Fsp3) is 0.0741. The van der Waals surface area contributed by atoms with Crippen LogP contribution in [0.3, 0.4) is 0 Å². The molecule has 0 atom stereocenters. The lowest BCUT2D eigenvalue weighted by Crippen LogP contribution is -2.04. The molecule has 0 fully saturated rings. The van der Waals surface area contributed by atoms with Crippen molar-refractivity contribution in [1.29, 1.82) is 0 Å². The second kappa shape index (κ2) is 10.7. The van der Waals surface area contributed by atoms with Gasteiger partial charge in [0, 0.05) is 22.3 Å². The summed E-state index contributed by atoms with van der Waals surface area (Å²) >= 11 is 3.53. The Balaban J connectivity index is 1.37. The summed E-state index contributed by atoms with van der Waals surface area (Å²) in [6.07, 6.45) is 0. The fourth-order valence-electron chi connectivity index (χ4n) is 3.19. The molecule has 0 aliphatic carbocycles. The van der Waals surface area contributed by atoms with Crippen LogP contribution >= 0.6 is 15.9 Å². The van der Waals surface area contributed by atoms with Gasteiger partial charge >= 0.3 is 5.97 Å². The van der Waals surface area contributed by atoms with E-state index in [9.17, 15) is 4.79 Å². The molecule has 0 radical (unpaired) electrons. The van der Waals surface area contributed by atoms with Gasteiger partial charge in [0.05, 0.1) is 5.56 Å². The summed E-state index contributed by atoms with van der Waals surface area (Å²) in [7, 11) is 0. The molecular weight excluding hydrogens is 482 g/mol. The zero-order valence-electron chi connectivity index (χ0n) is 17.7. The van der Waals surface area contributed by atoms with Crippen LogP contribution in [-0.4, -0.2) is 11.1 Å². The molecule has 4 aromatic carbocycles. The van der Waals surface area contributed by atoms with Crippen molar-refractivity contribution in [2.24, 2.45) is 0 Å². The van der Waals surface area contributed by atoms with Gasteiger partial charge in [-0.3, -0.25) is 0 Å². The molecule has 4 aromatic rings. The third-order valence-corrected chi connectivity index (χ3v) is 5.43. The number of para-hydroxylation sites is 1. The number of halogens is 1. The number of rotatable bonds is 9. The molecule has 0 amide bonds. The maximum absolute atomic E-state index is 11.0. The van der Waals surface area contributed by atoms with Crippen LogP contribution in [0, 0.1) is 0 Å². The van der Waals surface area contributed by atoms with E-state index in [0.717, 1.165) is 38.5 Å². The highest BCUT2D eigenvalue weighted by molar-refractivity contribution is 9.10. The van der Waals surface area contributed by atoms with Gasteiger partial charge in [0.2, 0.25) is 0 Å². The van der Waals surface area contributed by atoms with Crippen molar-refractivity contribution >= 4 is 27.6 Å². The summed E-state index contributed by atoms with van der Waals surface area (Å²) < 4.78 is 12.8. The Kier molecular flexibility index (Phi) is 7.27. The van der Waals surface area contributed by atoms with Crippen molar-refractivity contribution in [2.45, 2.75) is 13.2 Å². The summed E-state index contributed by atoms with van der Waals surface area (Å²) in [5.74, 6) is 1.39. The van der Waals surface area contributed by atoms with Crippen molar-refractivity contribution in [1.82, 2.24) is 0 Å². The molecule has 5 nitrogen and oxygen atoms in total. The van der Waals surface area contributed by atoms with Gasteiger partial charge < -0.3 is 19.9 Å². The highest BCUT2D eigenvalue weighted by Gasteiger charge is 2.07. The first-order chi connectivity index (χ1) is 16.1. The van der Waals surface area contributed by atoms with Gasteiger partial charge in [0.25, 0.3) is 0 Å². The van der Waals surface area contributed by atoms with Crippen molar-refractivity contribution in [3.05, 3.63) is 118 Å². The van der Waals surface area contributed by atoms with Gasteiger partial charge in [-0.2, -0.15) is 0 Å². The van der Waals surface area contributed by atoms with E-state index in [-0.39, 0.29) is 5.56 Å². The molecular formula is C27H22BrNO4. The highest BCUT2D eigenvalue weighted by atomic mass is 79.9. The van der Waals surface area contributed by atoms with E-state index in [1.54, 1.807) is 24.3 Å². The molecule has 2 N–H and O–H groups in total. The van der Waals surface area contributed by atoms with E-state index in [1.807, 2.05) is 72.8 Å². The van der Waals surface area contributed by atoms with Crippen molar-refractivity contribution in [3.8, 4) is 17.2 Å². The highest BCUT2D eigenvalue weighted by Crippen LogP contribution is 2.27. The number of carboxylic acids is 1. The van der Waals surface area contributed by atoms with E-state index in [0.29, 0.717) is 13.2 Å². The standard InChI is InChI=1S/C27H22BrNO4/c28-22-10-15-26(32-18-19-6-8-20(9-7-19)27(30)31)21(16-22)17-29-23-11-13-25(14-12-23)33-24-4-2-1-3-5-24/h1-16,29H,17-18H2,(H,30,31). The van der Waals surface area contributed by atoms with E-state index in [2.05, 4.69) is 21.2 Å². The van der Waals surface area contributed by atoms with Gasteiger partial charge in [-0.1, -0.05) is 46.3 Å². The number of aromatic carboxylic acids is 1. The van der Waals surface area contributed by atoms with Crippen LogP contribution in [-0.2, 0) is 13.2 Å². The molecule has 33 heavy (non-hydrogen) atoms. The maximum Gasteiger partial charge on any atom is 0.335 e. The minimum Gasteiger partial charge on any atom is -0.489 e. The lowest BCUT2D eigenvalue weighted by Gasteiger charge is -2.14. The fourth-order valence-corrected chi connectivity index (χ4v) is 3.60. The number of hydrogen-bond donors (Lipinski definition) is 2. The van der Waals surface area contributed by atoms with Gasteiger partial charge in [0.15, 0.2) is 0 Å². The first-order valence-corrected chi connectivity index (χ1v) is 11.2. The first kappa shape index (κ1) is 22.4. The Morgan fingerprint density at radius 2 is 1.55 bits per heavy atom. The Labute approximate surface area is 200 Å². The molecule has 0 spiro atoms. The minimum atomic E-state index is -0.941. The Hall–Kier alpha value is -3.77. The van der Waals surface area contributed by atoms with E-state index in [4.69, 9.17) is 14.6 Å². The molecule has 0 heterocycles. The van der Waals surface area contributed by atoms with Crippen LogP contribution in [0.2, 0.25) is 0 Å². The largest absolute Gasteiger partial charge is 0.489 e. The van der Waals surface area contributed by atoms with E-state index >= 15 is 0 Å². The second-order valence-corrected chi connectivity index (χ2v) is 8.25. The molecule has 166 valence electrons. The average Bonchev–Trinajstić information content (AvgIpc) is 2.84. The maximum atomic E-state index is 11.0. The van der Waals surface area contributed by atoms with Gasteiger partial charge in [-0.15, -0.1) is 0 Å². The summed E-state index contributed by atoms with van der Waals surface area (Å²) in [6.45, 7) is 0.922. The monoisotopic (exact) mass is 503 g/mol. The lowest BCUT2D eigenvalue weighted by atomic mass is 10.1. The Morgan fingerprint density at radius 1 is 0.848 bits per heavy atom. The summed E-state index contributed by atoms with van der Waals surface area (Å²) in [6, 6.07) is 30.0. The number of benzene rings is 4. The molecule has 0 saturated carbocycles. The quantitative estimate of drug-likeness (QED) is 0.254. The average molecular weight is 504 g/mol. The molecule has 0 bridgehead atoms.